The Kier molecular flexibility index (Phi) is 4.68. The fourth-order valence-corrected chi connectivity index (χ4v) is 4.65. The Hall–Kier alpha value is -1.80. The molecule has 1 heterocycles. The standard InChI is InChI=1S/C17H20F2N2O3S/c1-2-10-25(23,24)20-8-9-21(17(12-20)6-7-17)16(22)11-13-14(18)4-3-5-15(13)19/h2-5H,1,6-12H2. The number of hydrogen-bond acceptors (Lipinski definition) is 3. The second-order valence-corrected chi connectivity index (χ2v) is 8.56. The zero-order valence-corrected chi connectivity index (χ0v) is 14.6. The predicted molar refractivity (Wildman–Crippen MR) is 89.3 cm³/mol. The molecule has 1 aromatic carbocycles. The van der Waals surface area contributed by atoms with Crippen LogP contribution in [0.3, 0.4) is 0 Å². The van der Waals surface area contributed by atoms with Crippen LogP contribution in [0.4, 0.5) is 8.78 Å². The summed E-state index contributed by atoms with van der Waals surface area (Å²) >= 11 is 0. The van der Waals surface area contributed by atoms with Gasteiger partial charge in [-0.25, -0.2) is 17.2 Å². The molecule has 1 aliphatic carbocycles. The normalized spacial score (nSPS) is 19.8. The van der Waals surface area contributed by atoms with Crippen LogP contribution < -0.4 is 0 Å². The monoisotopic (exact) mass is 370 g/mol. The third-order valence-electron chi connectivity index (χ3n) is 4.86. The maximum absolute atomic E-state index is 13.8. The topological polar surface area (TPSA) is 57.7 Å². The molecular formula is C17H20F2N2O3S. The SMILES string of the molecule is C=CCS(=O)(=O)N1CCN(C(=O)Cc2c(F)cccc2F)C2(CC2)C1. The molecule has 5 nitrogen and oxygen atoms in total. The van der Waals surface area contributed by atoms with E-state index >= 15 is 0 Å². The summed E-state index contributed by atoms with van der Waals surface area (Å²) in [6, 6.07) is 3.50. The minimum Gasteiger partial charge on any atom is -0.334 e. The van der Waals surface area contributed by atoms with Crippen molar-refractivity contribution in [3.05, 3.63) is 48.1 Å². The van der Waals surface area contributed by atoms with Crippen LogP contribution >= 0.6 is 0 Å². The molecule has 1 amide bonds. The van der Waals surface area contributed by atoms with Gasteiger partial charge in [0.15, 0.2) is 0 Å². The van der Waals surface area contributed by atoms with Crippen molar-refractivity contribution in [3.8, 4) is 0 Å². The number of benzene rings is 1. The van der Waals surface area contributed by atoms with E-state index in [-0.39, 0.29) is 43.3 Å². The van der Waals surface area contributed by atoms with Gasteiger partial charge in [-0.05, 0) is 25.0 Å². The largest absolute Gasteiger partial charge is 0.334 e. The quantitative estimate of drug-likeness (QED) is 0.742. The molecule has 1 saturated heterocycles. The van der Waals surface area contributed by atoms with E-state index in [1.54, 1.807) is 4.90 Å². The van der Waals surface area contributed by atoms with E-state index in [4.69, 9.17) is 0 Å². The zero-order valence-electron chi connectivity index (χ0n) is 13.7. The first kappa shape index (κ1) is 18.0. The summed E-state index contributed by atoms with van der Waals surface area (Å²) in [6.07, 6.45) is 2.37. The van der Waals surface area contributed by atoms with E-state index in [9.17, 15) is 22.0 Å². The highest BCUT2D eigenvalue weighted by Gasteiger charge is 2.54. The van der Waals surface area contributed by atoms with Crippen molar-refractivity contribution in [1.29, 1.82) is 0 Å². The molecule has 1 aliphatic heterocycles. The van der Waals surface area contributed by atoms with Crippen LogP contribution in [0.2, 0.25) is 0 Å². The molecule has 0 aromatic heterocycles. The number of rotatable bonds is 5. The van der Waals surface area contributed by atoms with Gasteiger partial charge in [-0.15, -0.1) is 6.58 Å². The van der Waals surface area contributed by atoms with Crippen molar-refractivity contribution in [2.24, 2.45) is 0 Å². The van der Waals surface area contributed by atoms with Crippen LogP contribution in [-0.2, 0) is 21.2 Å². The van der Waals surface area contributed by atoms with Crippen molar-refractivity contribution in [1.82, 2.24) is 9.21 Å². The highest BCUT2D eigenvalue weighted by Crippen LogP contribution is 2.45. The first-order valence-electron chi connectivity index (χ1n) is 8.11. The van der Waals surface area contributed by atoms with E-state index in [0.29, 0.717) is 12.8 Å². The predicted octanol–water partition coefficient (Wildman–Crippen LogP) is 1.70. The lowest BCUT2D eigenvalue weighted by atomic mass is 10.1. The molecule has 1 aromatic rings. The van der Waals surface area contributed by atoms with Gasteiger partial charge in [0.1, 0.15) is 11.6 Å². The Morgan fingerprint density at radius 1 is 1.24 bits per heavy atom. The average molecular weight is 370 g/mol. The van der Waals surface area contributed by atoms with Crippen molar-refractivity contribution >= 4 is 15.9 Å². The molecule has 0 bridgehead atoms. The van der Waals surface area contributed by atoms with E-state index < -0.39 is 27.2 Å². The molecular weight excluding hydrogens is 350 g/mol. The Morgan fingerprint density at radius 2 is 1.88 bits per heavy atom. The maximum Gasteiger partial charge on any atom is 0.227 e. The molecule has 1 saturated carbocycles. The lowest BCUT2D eigenvalue weighted by Crippen LogP contribution is -2.58. The van der Waals surface area contributed by atoms with Gasteiger partial charge < -0.3 is 4.90 Å². The lowest BCUT2D eigenvalue weighted by molar-refractivity contribution is -0.135. The van der Waals surface area contributed by atoms with Gasteiger partial charge in [-0.2, -0.15) is 4.31 Å². The van der Waals surface area contributed by atoms with Gasteiger partial charge in [0, 0.05) is 25.2 Å². The second kappa shape index (κ2) is 6.49. The highest BCUT2D eigenvalue weighted by atomic mass is 32.2. The number of amides is 1. The molecule has 136 valence electrons. The van der Waals surface area contributed by atoms with Crippen LogP contribution in [0.5, 0.6) is 0 Å². The van der Waals surface area contributed by atoms with Crippen LogP contribution in [0, 0.1) is 11.6 Å². The van der Waals surface area contributed by atoms with Gasteiger partial charge in [0.2, 0.25) is 15.9 Å². The number of carbonyl (C=O) groups is 1. The number of nitrogens with zero attached hydrogens (tertiary/aromatic N) is 2. The van der Waals surface area contributed by atoms with Crippen LogP contribution in [0.25, 0.3) is 0 Å². The number of hydrogen-bond donors (Lipinski definition) is 0. The van der Waals surface area contributed by atoms with Crippen LogP contribution in [0.15, 0.2) is 30.9 Å². The molecule has 25 heavy (non-hydrogen) atoms. The minimum atomic E-state index is -3.43. The molecule has 0 radical (unpaired) electrons. The van der Waals surface area contributed by atoms with Gasteiger partial charge in [-0.3, -0.25) is 4.79 Å². The van der Waals surface area contributed by atoms with Crippen molar-refractivity contribution in [2.75, 3.05) is 25.4 Å². The molecule has 2 fully saturated rings. The number of piperazine rings is 1. The van der Waals surface area contributed by atoms with Crippen LogP contribution in [0.1, 0.15) is 18.4 Å². The lowest BCUT2D eigenvalue weighted by Gasteiger charge is -2.41. The first-order chi connectivity index (χ1) is 11.8. The minimum absolute atomic E-state index is 0.141. The number of halogens is 2. The first-order valence-corrected chi connectivity index (χ1v) is 9.72. The average Bonchev–Trinajstić information content (AvgIpc) is 3.30. The fourth-order valence-electron chi connectivity index (χ4n) is 3.34. The van der Waals surface area contributed by atoms with Gasteiger partial charge in [0.25, 0.3) is 0 Å². The second-order valence-electron chi connectivity index (χ2n) is 6.55. The molecule has 1 spiro atoms. The van der Waals surface area contributed by atoms with E-state index in [1.165, 1.54) is 16.4 Å². The highest BCUT2D eigenvalue weighted by molar-refractivity contribution is 7.89. The Bertz CT molecular complexity index is 786. The Labute approximate surface area is 146 Å². The summed E-state index contributed by atoms with van der Waals surface area (Å²) in [6.45, 7) is 4.10. The number of carbonyl (C=O) groups excluding carboxylic acids is 1. The third-order valence-corrected chi connectivity index (χ3v) is 6.61. The molecule has 0 N–H and O–H groups in total. The summed E-state index contributed by atoms with van der Waals surface area (Å²) in [7, 11) is -3.43. The van der Waals surface area contributed by atoms with E-state index in [1.807, 2.05) is 0 Å². The van der Waals surface area contributed by atoms with Crippen molar-refractivity contribution in [2.45, 2.75) is 24.8 Å². The molecule has 0 atom stereocenters. The summed E-state index contributed by atoms with van der Waals surface area (Å²) in [5.41, 5.74) is -0.782. The maximum atomic E-state index is 13.8. The van der Waals surface area contributed by atoms with E-state index in [2.05, 4.69) is 6.58 Å². The summed E-state index contributed by atoms with van der Waals surface area (Å²) < 4.78 is 53.4. The van der Waals surface area contributed by atoms with Gasteiger partial charge >= 0.3 is 0 Å². The smallest absolute Gasteiger partial charge is 0.227 e. The number of sulfonamides is 1. The Balaban J connectivity index is 1.75. The fraction of sp³-hybridized carbons (Fsp3) is 0.471. The van der Waals surface area contributed by atoms with Gasteiger partial charge in [0.05, 0.1) is 17.7 Å². The van der Waals surface area contributed by atoms with Crippen LogP contribution in [-0.4, -0.2) is 54.5 Å². The third kappa shape index (κ3) is 3.46. The van der Waals surface area contributed by atoms with Crippen molar-refractivity contribution in [3.63, 3.8) is 0 Å². The zero-order chi connectivity index (χ0) is 18.2. The molecule has 0 unspecified atom stereocenters. The molecule has 2 aliphatic rings. The molecule has 3 rings (SSSR count). The summed E-state index contributed by atoms with van der Waals surface area (Å²) in [5.74, 6) is -2.00. The molecule has 8 heteroatoms. The van der Waals surface area contributed by atoms with Gasteiger partial charge in [-0.1, -0.05) is 12.1 Å². The summed E-state index contributed by atoms with van der Waals surface area (Å²) in [4.78, 5) is 14.2. The van der Waals surface area contributed by atoms with E-state index in [0.717, 1.165) is 12.1 Å². The summed E-state index contributed by atoms with van der Waals surface area (Å²) in [5, 5.41) is 0. The van der Waals surface area contributed by atoms with Crippen molar-refractivity contribution < 1.29 is 22.0 Å². The Morgan fingerprint density at radius 3 is 2.44 bits per heavy atom.